The molecule has 5 heteroatoms. The zero-order chi connectivity index (χ0) is 15.6. The van der Waals surface area contributed by atoms with E-state index in [0.717, 1.165) is 12.2 Å². The van der Waals surface area contributed by atoms with Gasteiger partial charge in [-0.3, -0.25) is 0 Å². The first kappa shape index (κ1) is 14.0. The minimum atomic E-state index is 0.0240. The van der Waals surface area contributed by atoms with Gasteiger partial charge in [-0.05, 0) is 24.3 Å². The molecule has 1 aliphatic rings. The second-order valence-corrected chi connectivity index (χ2v) is 5.57. The van der Waals surface area contributed by atoms with E-state index in [0.29, 0.717) is 30.1 Å². The van der Waals surface area contributed by atoms with Gasteiger partial charge in [-0.25, -0.2) is 0 Å². The number of rotatable bonds is 4. The summed E-state index contributed by atoms with van der Waals surface area (Å²) in [5.41, 5.74) is 1.76. The molecule has 0 amide bonds. The van der Waals surface area contributed by atoms with E-state index in [4.69, 9.17) is 13.9 Å². The first-order chi connectivity index (χ1) is 11.3. The minimum absolute atomic E-state index is 0.0240. The Hall–Kier alpha value is -2.66. The summed E-state index contributed by atoms with van der Waals surface area (Å²) >= 11 is 0. The molecule has 0 aliphatic carbocycles. The van der Waals surface area contributed by atoms with Gasteiger partial charge in [-0.1, -0.05) is 18.2 Å². The van der Waals surface area contributed by atoms with Gasteiger partial charge in [0.1, 0.15) is 37.0 Å². The van der Waals surface area contributed by atoms with E-state index in [-0.39, 0.29) is 11.9 Å². The van der Waals surface area contributed by atoms with Gasteiger partial charge in [0.25, 0.3) is 0 Å². The first-order valence-corrected chi connectivity index (χ1v) is 7.54. The highest BCUT2D eigenvalue weighted by atomic mass is 16.5. The third kappa shape index (κ3) is 2.83. The number of benzene rings is 2. The van der Waals surface area contributed by atoms with Crippen LogP contribution in [0.3, 0.4) is 0 Å². The predicted molar refractivity (Wildman–Crippen MR) is 86.9 cm³/mol. The highest BCUT2D eigenvalue weighted by molar-refractivity contribution is 5.84. The molecule has 4 rings (SSSR count). The molecule has 3 aromatic rings. The van der Waals surface area contributed by atoms with Crippen LogP contribution in [0.25, 0.3) is 11.0 Å². The molecule has 0 bridgehead atoms. The van der Waals surface area contributed by atoms with E-state index in [1.165, 1.54) is 6.26 Å². The molecular formula is C18H17NO4. The van der Waals surface area contributed by atoms with Crippen LogP contribution in [0.1, 0.15) is 0 Å². The van der Waals surface area contributed by atoms with Gasteiger partial charge in [-0.15, -0.1) is 0 Å². The van der Waals surface area contributed by atoms with Crippen molar-refractivity contribution in [1.82, 2.24) is 0 Å². The average molecular weight is 311 g/mol. The monoisotopic (exact) mass is 311 g/mol. The lowest BCUT2D eigenvalue weighted by Gasteiger charge is -2.16. The molecule has 23 heavy (non-hydrogen) atoms. The van der Waals surface area contributed by atoms with Crippen LogP contribution in [-0.2, 0) is 4.74 Å². The summed E-state index contributed by atoms with van der Waals surface area (Å²) in [6, 6.07) is 15.6. The average Bonchev–Trinajstić information content (AvgIpc) is 3.21. The fourth-order valence-electron chi connectivity index (χ4n) is 2.74. The van der Waals surface area contributed by atoms with Gasteiger partial charge in [0.05, 0.1) is 5.39 Å². The molecule has 2 aromatic carbocycles. The number of hydrogen-bond acceptors (Lipinski definition) is 5. The van der Waals surface area contributed by atoms with Gasteiger partial charge in [0, 0.05) is 18.3 Å². The van der Waals surface area contributed by atoms with Crippen molar-refractivity contribution in [2.24, 2.45) is 0 Å². The van der Waals surface area contributed by atoms with Gasteiger partial charge < -0.3 is 23.9 Å². The number of hydrogen-bond donors (Lipinski definition) is 1. The van der Waals surface area contributed by atoms with Crippen LogP contribution >= 0.6 is 0 Å². The largest absolute Gasteiger partial charge is 0.504 e. The fourth-order valence-corrected chi connectivity index (χ4v) is 2.74. The highest BCUT2D eigenvalue weighted by Crippen LogP contribution is 2.30. The van der Waals surface area contributed by atoms with Crippen molar-refractivity contribution in [1.29, 1.82) is 0 Å². The van der Waals surface area contributed by atoms with Crippen molar-refractivity contribution in [3.63, 3.8) is 0 Å². The van der Waals surface area contributed by atoms with Gasteiger partial charge in [-0.2, -0.15) is 0 Å². The molecule has 1 N–H and O–H groups in total. The van der Waals surface area contributed by atoms with Crippen LogP contribution in [0, 0.1) is 0 Å². The van der Waals surface area contributed by atoms with Crippen molar-refractivity contribution >= 4 is 16.7 Å². The Labute approximate surface area is 133 Å². The number of para-hydroxylation sites is 1. The molecule has 0 spiro atoms. The molecule has 1 fully saturated rings. The summed E-state index contributed by atoms with van der Waals surface area (Å²) in [5, 5.41) is 10.3. The number of fused-ring (bicyclic) bond motifs is 1. The third-order valence-electron chi connectivity index (χ3n) is 3.97. The normalized spacial score (nSPS) is 17.7. The first-order valence-electron chi connectivity index (χ1n) is 7.54. The van der Waals surface area contributed by atoms with Gasteiger partial charge >= 0.3 is 0 Å². The Morgan fingerprint density at radius 1 is 1.17 bits per heavy atom. The molecular weight excluding hydrogens is 294 g/mol. The second kappa shape index (κ2) is 5.85. The molecule has 0 radical (unpaired) electrons. The topological polar surface area (TPSA) is 55.1 Å². The number of aromatic hydroxyl groups is 1. The highest BCUT2D eigenvalue weighted by Gasteiger charge is 2.23. The minimum Gasteiger partial charge on any atom is -0.504 e. The molecule has 0 saturated carbocycles. The Morgan fingerprint density at radius 2 is 2.04 bits per heavy atom. The smallest absolute Gasteiger partial charge is 0.161 e. The molecule has 1 aliphatic heterocycles. The van der Waals surface area contributed by atoms with Crippen molar-refractivity contribution in [2.45, 2.75) is 6.10 Å². The van der Waals surface area contributed by atoms with Crippen LogP contribution in [0.2, 0.25) is 0 Å². The predicted octanol–water partition coefficient (Wildman–Crippen LogP) is 3.38. The van der Waals surface area contributed by atoms with E-state index >= 15 is 0 Å². The van der Waals surface area contributed by atoms with E-state index < -0.39 is 0 Å². The number of anilines is 1. The van der Waals surface area contributed by atoms with Crippen molar-refractivity contribution < 1.29 is 19.0 Å². The SMILES string of the molecule is Oc1coc2cc(OCC3CN(c4ccccc4)CO3)ccc12. The Balaban J connectivity index is 1.37. The molecule has 1 aromatic heterocycles. The van der Waals surface area contributed by atoms with Crippen molar-refractivity contribution in [2.75, 3.05) is 24.8 Å². The lowest BCUT2D eigenvalue weighted by Crippen LogP contribution is -2.25. The molecule has 1 unspecified atom stereocenters. The van der Waals surface area contributed by atoms with Crippen LogP contribution in [0.4, 0.5) is 5.69 Å². The summed E-state index contributed by atoms with van der Waals surface area (Å²) in [4.78, 5) is 2.18. The lowest BCUT2D eigenvalue weighted by molar-refractivity contribution is 0.0734. The van der Waals surface area contributed by atoms with Gasteiger partial charge in [0.2, 0.25) is 0 Å². The zero-order valence-electron chi connectivity index (χ0n) is 12.5. The van der Waals surface area contributed by atoms with Gasteiger partial charge in [0.15, 0.2) is 5.75 Å². The van der Waals surface area contributed by atoms with Crippen LogP contribution < -0.4 is 9.64 Å². The summed E-state index contributed by atoms with van der Waals surface area (Å²) in [5.74, 6) is 0.845. The maximum Gasteiger partial charge on any atom is 0.161 e. The quantitative estimate of drug-likeness (QED) is 0.800. The molecule has 1 atom stereocenters. The molecule has 2 heterocycles. The zero-order valence-corrected chi connectivity index (χ0v) is 12.5. The maximum atomic E-state index is 9.58. The summed E-state index contributed by atoms with van der Waals surface area (Å²) in [6.07, 6.45) is 1.35. The molecule has 5 nitrogen and oxygen atoms in total. The van der Waals surface area contributed by atoms with E-state index in [2.05, 4.69) is 17.0 Å². The Kier molecular flexibility index (Phi) is 3.55. The van der Waals surface area contributed by atoms with E-state index in [9.17, 15) is 5.11 Å². The number of ether oxygens (including phenoxy) is 2. The van der Waals surface area contributed by atoms with Crippen LogP contribution in [0.5, 0.6) is 11.5 Å². The van der Waals surface area contributed by atoms with Crippen LogP contribution in [0.15, 0.2) is 59.2 Å². The maximum absolute atomic E-state index is 9.58. The fraction of sp³-hybridized carbons (Fsp3) is 0.222. The summed E-state index contributed by atoms with van der Waals surface area (Å²) < 4.78 is 16.8. The third-order valence-corrected chi connectivity index (χ3v) is 3.97. The van der Waals surface area contributed by atoms with E-state index in [1.54, 1.807) is 12.1 Å². The summed E-state index contributed by atoms with van der Waals surface area (Å²) in [7, 11) is 0. The number of nitrogens with zero attached hydrogens (tertiary/aromatic N) is 1. The Morgan fingerprint density at radius 3 is 2.91 bits per heavy atom. The second-order valence-electron chi connectivity index (χ2n) is 5.57. The van der Waals surface area contributed by atoms with Crippen molar-refractivity contribution in [3.8, 4) is 11.5 Å². The standard InChI is InChI=1S/C18H17NO4/c20-17-11-22-18-8-14(6-7-16(17)18)21-10-15-9-19(12-23-15)13-4-2-1-3-5-13/h1-8,11,15,20H,9-10,12H2. The van der Waals surface area contributed by atoms with E-state index in [1.807, 2.05) is 24.3 Å². The van der Waals surface area contributed by atoms with Crippen LogP contribution in [-0.4, -0.2) is 31.1 Å². The lowest BCUT2D eigenvalue weighted by atomic mass is 10.2. The molecule has 1 saturated heterocycles. The summed E-state index contributed by atoms with van der Waals surface area (Å²) in [6.45, 7) is 1.85. The Bertz CT molecular complexity index is 799. The van der Waals surface area contributed by atoms with Crippen molar-refractivity contribution in [3.05, 3.63) is 54.8 Å². The molecule has 118 valence electrons. The number of furan rings is 1.